The molecule has 2 nitrogen and oxygen atoms in total. The van der Waals surface area contributed by atoms with E-state index in [2.05, 4.69) is 0 Å². The molecule has 0 fully saturated rings. The van der Waals surface area contributed by atoms with Gasteiger partial charge in [0.15, 0.2) is 0 Å². The van der Waals surface area contributed by atoms with Crippen molar-refractivity contribution in [2.45, 2.75) is 20.0 Å². The van der Waals surface area contributed by atoms with Gasteiger partial charge in [-0.1, -0.05) is 35.9 Å². The molecule has 0 heterocycles. The van der Waals surface area contributed by atoms with Crippen LogP contribution in [0.25, 0.3) is 0 Å². The van der Waals surface area contributed by atoms with Crippen LogP contribution in [0.4, 0.5) is 0 Å². The fourth-order valence-electron chi connectivity index (χ4n) is 1.85. The lowest BCUT2D eigenvalue weighted by Crippen LogP contribution is -2.02. The lowest BCUT2D eigenvalue weighted by molar-refractivity contribution is 0.306. The summed E-state index contributed by atoms with van der Waals surface area (Å²) in [5, 5.41) is 0.750. The van der Waals surface area contributed by atoms with Crippen molar-refractivity contribution in [1.82, 2.24) is 0 Å². The smallest absolute Gasteiger partial charge is 0.119 e. The van der Waals surface area contributed by atoms with Crippen molar-refractivity contribution < 1.29 is 4.74 Å². The summed E-state index contributed by atoms with van der Waals surface area (Å²) in [6, 6.07) is 14.0. The highest BCUT2D eigenvalue weighted by atomic mass is 35.5. The van der Waals surface area contributed by atoms with Crippen LogP contribution in [0.1, 0.15) is 16.7 Å². The summed E-state index contributed by atoms with van der Waals surface area (Å²) >= 11 is 6.17. The maximum atomic E-state index is 6.17. The maximum Gasteiger partial charge on any atom is 0.119 e. The molecule has 0 amide bonds. The van der Waals surface area contributed by atoms with Crippen LogP contribution in [0.2, 0.25) is 5.02 Å². The van der Waals surface area contributed by atoms with Gasteiger partial charge in [0, 0.05) is 10.6 Å². The molecule has 0 bridgehead atoms. The fourth-order valence-corrected chi connectivity index (χ4v) is 2.14. The lowest BCUT2D eigenvalue weighted by Gasteiger charge is -2.09. The second kappa shape index (κ2) is 6.60. The molecule has 19 heavy (non-hydrogen) atoms. The van der Waals surface area contributed by atoms with E-state index < -0.39 is 0 Å². The first-order valence-electron chi connectivity index (χ1n) is 6.36. The first-order valence-corrected chi connectivity index (χ1v) is 6.73. The van der Waals surface area contributed by atoms with Crippen molar-refractivity contribution in [3.63, 3.8) is 0 Å². The monoisotopic (exact) mass is 275 g/mol. The van der Waals surface area contributed by atoms with E-state index in [0.717, 1.165) is 28.3 Å². The van der Waals surface area contributed by atoms with Gasteiger partial charge in [0.05, 0.1) is 0 Å². The van der Waals surface area contributed by atoms with E-state index in [1.165, 1.54) is 5.56 Å². The van der Waals surface area contributed by atoms with E-state index in [-0.39, 0.29) is 0 Å². The van der Waals surface area contributed by atoms with Crippen LogP contribution in [-0.4, -0.2) is 6.54 Å². The highest BCUT2D eigenvalue weighted by molar-refractivity contribution is 6.31. The highest BCUT2D eigenvalue weighted by Gasteiger charge is 2.02. The minimum atomic E-state index is 0.481. The zero-order chi connectivity index (χ0) is 13.7. The van der Waals surface area contributed by atoms with E-state index in [9.17, 15) is 0 Å². The first kappa shape index (κ1) is 13.9. The van der Waals surface area contributed by atoms with Gasteiger partial charge in [-0.15, -0.1) is 0 Å². The van der Waals surface area contributed by atoms with Crippen molar-refractivity contribution in [3.8, 4) is 5.75 Å². The van der Waals surface area contributed by atoms with Crippen molar-refractivity contribution in [2.75, 3.05) is 6.54 Å². The number of ether oxygens (including phenoxy) is 1. The SMILES string of the molecule is Cc1ccc(COc2ccc(CCN)cc2)c(Cl)c1. The molecule has 2 rings (SSSR count). The molecule has 100 valence electrons. The molecule has 0 aliphatic carbocycles. The number of benzene rings is 2. The molecule has 0 atom stereocenters. The Morgan fingerprint density at radius 3 is 2.47 bits per heavy atom. The van der Waals surface area contributed by atoms with Crippen molar-refractivity contribution in [1.29, 1.82) is 0 Å². The Labute approximate surface area is 119 Å². The van der Waals surface area contributed by atoms with Crippen molar-refractivity contribution in [2.24, 2.45) is 5.73 Å². The lowest BCUT2D eigenvalue weighted by atomic mass is 10.1. The molecule has 0 aromatic heterocycles. The Morgan fingerprint density at radius 2 is 1.84 bits per heavy atom. The molecular weight excluding hydrogens is 258 g/mol. The fraction of sp³-hybridized carbons (Fsp3) is 0.250. The van der Waals surface area contributed by atoms with Gasteiger partial charge in [0.2, 0.25) is 0 Å². The molecule has 0 saturated heterocycles. The molecule has 0 aliphatic heterocycles. The van der Waals surface area contributed by atoms with Gasteiger partial charge >= 0.3 is 0 Å². The summed E-state index contributed by atoms with van der Waals surface area (Å²) in [5.74, 6) is 0.845. The molecule has 2 aromatic carbocycles. The summed E-state index contributed by atoms with van der Waals surface area (Å²) in [4.78, 5) is 0. The standard InChI is InChI=1S/C16H18ClNO/c1-12-2-5-14(16(17)10-12)11-19-15-6-3-13(4-7-15)8-9-18/h2-7,10H,8-9,11,18H2,1H3. The Bertz CT molecular complexity index is 537. The predicted octanol–water partition coefficient (Wildman–Crippen LogP) is 3.73. The molecule has 0 unspecified atom stereocenters. The van der Waals surface area contributed by atoms with E-state index in [4.69, 9.17) is 22.1 Å². The Morgan fingerprint density at radius 1 is 1.11 bits per heavy atom. The molecule has 2 N–H and O–H groups in total. The predicted molar refractivity (Wildman–Crippen MR) is 79.7 cm³/mol. The molecule has 0 radical (unpaired) electrons. The maximum absolute atomic E-state index is 6.17. The summed E-state index contributed by atoms with van der Waals surface area (Å²) in [5.41, 5.74) is 8.89. The van der Waals surface area contributed by atoms with Crippen LogP contribution in [-0.2, 0) is 13.0 Å². The number of hydrogen-bond acceptors (Lipinski definition) is 2. The van der Waals surface area contributed by atoms with Gasteiger partial charge in [0.1, 0.15) is 12.4 Å². The van der Waals surface area contributed by atoms with Crippen LogP contribution in [0.15, 0.2) is 42.5 Å². The summed E-state index contributed by atoms with van der Waals surface area (Å²) in [7, 11) is 0. The number of hydrogen-bond donors (Lipinski definition) is 1. The average Bonchev–Trinajstić information content (AvgIpc) is 2.40. The molecule has 0 saturated carbocycles. The zero-order valence-corrected chi connectivity index (χ0v) is 11.8. The molecule has 3 heteroatoms. The largest absolute Gasteiger partial charge is 0.489 e. The Balaban J connectivity index is 1.98. The van der Waals surface area contributed by atoms with Gasteiger partial charge in [-0.25, -0.2) is 0 Å². The van der Waals surface area contributed by atoms with E-state index in [0.29, 0.717) is 13.2 Å². The van der Waals surface area contributed by atoms with Crippen LogP contribution < -0.4 is 10.5 Å². The van der Waals surface area contributed by atoms with E-state index in [1.807, 2.05) is 49.4 Å². The molecule has 0 spiro atoms. The number of halogens is 1. The van der Waals surface area contributed by atoms with Crippen LogP contribution >= 0.6 is 11.6 Å². The van der Waals surface area contributed by atoms with Crippen LogP contribution in [0.3, 0.4) is 0 Å². The van der Waals surface area contributed by atoms with Crippen LogP contribution in [0, 0.1) is 6.92 Å². The second-order valence-corrected chi connectivity index (χ2v) is 4.97. The normalized spacial score (nSPS) is 10.5. The molecule has 2 aromatic rings. The number of nitrogens with two attached hydrogens (primary N) is 1. The van der Waals surface area contributed by atoms with Gasteiger partial charge in [0.25, 0.3) is 0 Å². The zero-order valence-electron chi connectivity index (χ0n) is 11.0. The Kier molecular flexibility index (Phi) is 4.83. The van der Waals surface area contributed by atoms with Gasteiger partial charge < -0.3 is 10.5 Å². The van der Waals surface area contributed by atoms with Crippen LogP contribution in [0.5, 0.6) is 5.75 Å². The van der Waals surface area contributed by atoms with Gasteiger partial charge in [-0.2, -0.15) is 0 Å². The third-order valence-corrected chi connectivity index (χ3v) is 3.31. The second-order valence-electron chi connectivity index (χ2n) is 4.57. The topological polar surface area (TPSA) is 35.2 Å². The quantitative estimate of drug-likeness (QED) is 0.902. The van der Waals surface area contributed by atoms with Crippen molar-refractivity contribution in [3.05, 3.63) is 64.2 Å². The summed E-state index contributed by atoms with van der Waals surface area (Å²) < 4.78 is 5.73. The first-order chi connectivity index (χ1) is 9.19. The van der Waals surface area contributed by atoms with E-state index >= 15 is 0 Å². The average molecular weight is 276 g/mol. The third kappa shape index (κ3) is 3.98. The highest BCUT2D eigenvalue weighted by Crippen LogP contribution is 2.20. The van der Waals surface area contributed by atoms with Crippen molar-refractivity contribution >= 4 is 11.6 Å². The van der Waals surface area contributed by atoms with E-state index in [1.54, 1.807) is 0 Å². The Hall–Kier alpha value is -1.51. The summed E-state index contributed by atoms with van der Waals surface area (Å²) in [6.07, 6.45) is 0.893. The molecule has 0 aliphatic rings. The number of rotatable bonds is 5. The van der Waals surface area contributed by atoms with Gasteiger partial charge in [-0.3, -0.25) is 0 Å². The summed E-state index contributed by atoms with van der Waals surface area (Å²) in [6.45, 7) is 3.17. The minimum absolute atomic E-state index is 0.481. The van der Waals surface area contributed by atoms with Gasteiger partial charge in [-0.05, 0) is 49.2 Å². The number of aryl methyl sites for hydroxylation is 1. The third-order valence-electron chi connectivity index (χ3n) is 2.96. The molecular formula is C16H18ClNO. The minimum Gasteiger partial charge on any atom is -0.489 e.